The number of hydrogen-bond donors (Lipinski definition) is 1. The minimum atomic E-state index is -0.963. The van der Waals surface area contributed by atoms with Gasteiger partial charge in [-0.1, -0.05) is 12.1 Å². The lowest BCUT2D eigenvalue weighted by molar-refractivity contribution is 0.0695. The Bertz CT molecular complexity index is 774. The Morgan fingerprint density at radius 1 is 0.885 bits per heavy atom. The number of Topliss-reactive ketones (excluding diaryl/α,β-unsaturated/α-hetero) is 1. The molecule has 5 nitrogen and oxygen atoms in total. The molecule has 138 valence electrons. The highest BCUT2D eigenvalue weighted by molar-refractivity contribution is 6.00. The number of aromatic carboxylic acids is 1. The topological polar surface area (TPSA) is 70.5 Å². The normalized spacial score (nSPS) is 12.6. The largest absolute Gasteiger partial charge is 0.478 e. The third kappa shape index (κ3) is 4.35. The van der Waals surface area contributed by atoms with E-state index in [0.717, 1.165) is 11.1 Å². The van der Waals surface area contributed by atoms with Crippen molar-refractivity contribution in [3.63, 3.8) is 0 Å². The van der Waals surface area contributed by atoms with Gasteiger partial charge >= 0.3 is 5.97 Å². The van der Waals surface area contributed by atoms with Gasteiger partial charge in [-0.2, -0.15) is 0 Å². The maximum absolute atomic E-state index is 13.0. The first kappa shape index (κ1) is 19.8. The number of aromatic nitrogens is 1. The van der Waals surface area contributed by atoms with Crippen LogP contribution in [-0.4, -0.2) is 44.9 Å². The molecule has 0 aliphatic rings. The van der Waals surface area contributed by atoms with Crippen molar-refractivity contribution in [2.24, 2.45) is 0 Å². The van der Waals surface area contributed by atoms with Crippen LogP contribution >= 0.6 is 0 Å². The first-order valence-electron chi connectivity index (χ1n) is 8.82. The highest BCUT2D eigenvalue weighted by atomic mass is 16.4. The summed E-state index contributed by atoms with van der Waals surface area (Å²) in [5.41, 5.74) is 2.41. The molecule has 2 aromatic rings. The molecule has 0 radical (unpaired) electrons. The summed E-state index contributed by atoms with van der Waals surface area (Å²) in [5.74, 6) is -0.932. The number of carboxylic acid groups (broad SMARTS) is 1. The van der Waals surface area contributed by atoms with Gasteiger partial charge in [0.2, 0.25) is 0 Å². The molecule has 5 heteroatoms. The molecule has 1 heterocycles. The van der Waals surface area contributed by atoms with E-state index in [4.69, 9.17) is 5.11 Å². The molecule has 0 amide bonds. The van der Waals surface area contributed by atoms with Crippen LogP contribution in [0.25, 0.3) is 11.1 Å². The van der Waals surface area contributed by atoms with Crippen molar-refractivity contribution in [2.45, 2.75) is 52.7 Å². The van der Waals surface area contributed by atoms with Crippen molar-refractivity contribution in [3.05, 3.63) is 53.9 Å². The Labute approximate surface area is 154 Å². The molecule has 1 unspecified atom stereocenters. The Kier molecular flexibility index (Phi) is 6.27. The number of carboxylic acids is 1. The molecule has 0 spiro atoms. The van der Waals surface area contributed by atoms with Gasteiger partial charge in [0.1, 0.15) is 0 Å². The second-order valence-electron chi connectivity index (χ2n) is 7.02. The minimum Gasteiger partial charge on any atom is -0.478 e. The smallest absolute Gasteiger partial charge is 0.335 e. The van der Waals surface area contributed by atoms with Gasteiger partial charge in [0.25, 0.3) is 0 Å². The van der Waals surface area contributed by atoms with Crippen LogP contribution in [0, 0.1) is 0 Å². The molecular formula is C21H26N2O3. The Hall–Kier alpha value is -2.53. The van der Waals surface area contributed by atoms with Crippen LogP contribution < -0.4 is 0 Å². The molecule has 0 aliphatic carbocycles. The summed E-state index contributed by atoms with van der Waals surface area (Å²) >= 11 is 0. The van der Waals surface area contributed by atoms with Crippen LogP contribution in [0.2, 0.25) is 0 Å². The molecule has 1 aromatic heterocycles. The van der Waals surface area contributed by atoms with E-state index in [9.17, 15) is 9.59 Å². The van der Waals surface area contributed by atoms with E-state index in [1.807, 2.05) is 13.0 Å². The number of carbonyl (C=O) groups excluding carboxylic acids is 1. The van der Waals surface area contributed by atoms with Crippen LogP contribution in [0.3, 0.4) is 0 Å². The molecule has 0 bridgehead atoms. The van der Waals surface area contributed by atoms with Gasteiger partial charge in [-0.3, -0.25) is 14.7 Å². The maximum Gasteiger partial charge on any atom is 0.335 e. The molecule has 26 heavy (non-hydrogen) atoms. The first-order valence-corrected chi connectivity index (χ1v) is 8.82. The minimum absolute atomic E-state index is 0.0314. The molecule has 2 rings (SSSR count). The lowest BCUT2D eigenvalue weighted by atomic mass is 9.99. The van der Waals surface area contributed by atoms with Gasteiger partial charge in [-0.15, -0.1) is 0 Å². The van der Waals surface area contributed by atoms with Gasteiger partial charge < -0.3 is 5.11 Å². The Balaban J connectivity index is 2.30. The van der Waals surface area contributed by atoms with Crippen molar-refractivity contribution >= 4 is 11.8 Å². The number of carbonyl (C=O) groups is 2. The van der Waals surface area contributed by atoms with Crippen molar-refractivity contribution in [1.82, 2.24) is 9.88 Å². The highest BCUT2D eigenvalue weighted by Crippen LogP contribution is 2.22. The average Bonchev–Trinajstić information content (AvgIpc) is 2.60. The standard InChI is InChI=1S/C21H26N2O3/c1-13(2)23(14(3)4)15(5)20(24)19-10-18(11-22-12-19)16-6-8-17(9-7-16)21(25)26/h6-15H,1-5H3,(H,25,26). The summed E-state index contributed by atoms with van der Waals surface area (Å²) in [6.45, 7) is 10.3. The Morgan fingerprint density at radius 2 is 1.46 bits per heavy atom. The second kappa shape index (κ2) is 8.23. The van der Waals surface area contributed by atoms with Gasteiger partial charge in [0, 0.05) is 35.6 Å². The fraction of sp³-hybridized carbons (Fsp3) is 0.381. The van der Waals surface area contributed by atoms with Crippen molar-refractivity contribution in [3.8, 4) is 11.1 Å². The van der Waals surface area contributed by atoms with Gasteiger partial charge in [-0.05, 0) is 58.4 Å². The second-order valence-corrected chi connectivity index (χ2v) is 7.02. The van der Waals surface area contributed by atoms with Crippen molar-refractivity contribution in [1.29, 1.82) is 0 Å². The molecule has 0 aliphatic heterocycles. The van der Waals surface area contributed by atoms with Gasteiger partial charge in [-0.25, -0.2) is 4.79 Å². The van der Waals surface area contributed by atoms with E-state index < -0.39 is 5.97 Å². The van der Waals surface area contributed by atoms with Gasteiger partial charge in [0.15, 0.2) is 5.78 Å². The molecule has 1 N–H and O–H groups in total. The summed E-state index contributed by atoms with van der Waals surface area (Å²) in [6, 6.07) is 8.64. The van der Waals surface area contributed by atoms with E-state index >= 15 is 0 Å². The van der Waals surface area contributed by atoms with Crippen LogP contribution in [0.5, 0.6) is 0 Å². The number of ketones is 1. The zero-order valence-electron chi connectivity index (χ0n) is 15.9. The van der Waals surface area contributed by atoms with Crippen molar-refractivity contribution < 1.29 is 14.7 Å². The van der Waals surface area contributed by atoms with Crippen LogP contribution in [0.4, 0.5) is 0 Å². The SMILES string of the molecule is CC(C)N(C(C)C)C(C)C(=O)c1cncc(-c2ccc(C(=O)O)cc2)c1. The van der Waals surface area contributed by atoms with Gasteiger partial charge in [0.05, 0.1) is 11.6 Å². The molecular weight excluding hydrogens is 328 g/mol. The monoisotopic (exact) mass is 354 g/mol. The highest BCUT2D eigenvalue weighted by Gasteiger charge is 2.27. The van der Waals surface area contributed by atoms with Crippen molar-refractivity contribution in [2.75, 3.05) is 0 Å². The van der Waals surface area contributed by atoms with E-state index in [1.54, 1.807) is 36.7 Å². The van der Waals surface area contributed by atoms with E-state index in [0.29, 0.717) is 5.56 Å². The summed E-state index contributed by atoms with van der Waals surface area (Å²) in [7, 11) is 0. The number of nitrogens with zero attached hydrogens (tertiary/aromatic N) is 2. The maximum atomic E-state index is 13.0. The average molecular weight is 354 g/mol. The number of rotatable bonds is 7. The van der Waals surface area contributed by atoms with E-state index in [1.165, 1.54) is 0 Å². The molecule has 1 atom stereocenters. The lowest BCUT2D eigenvalue weighted by Crippen LogP contribution is -2.47. The number of benzene rings is 1. The lowest BCUT2D eigenvalue weighted by Gasteiger charge is -2.35. The Morgan fingerprint density at radius 3 is 1.96 bits per heavy atom. The summed E-state index contributed by atoms with van der Waals surface area (Å²) < 4.78 is 0. The first-order chi connectivity index (χ1) is 12.2. The van der Waals surface area contributed by atoms with Crippen LogP contribution in [0.15, 0.2) is 42.7 Å². The summed E-state index contributed by atoms with van der Waals surface area (Å²) in [4.78, 5) is 30.3. The molecule has 0 fully saturated rings. The molecule has 1 aromatic carbocycles. The molecule has 0 saturated heterocycles. The third-order valence-corrected chi connectivity index (χ3v) is 4.51. The fourth-order valence-electron chi connectivity index (χ4n) is 3.41. The van der Waals surface area contributed by atoms with Crippen LogP contribution in [0.1, 0.15) is 55.3 Å². The summed E-state index contributed by atoms with van der Waals surface area (Å²) in [6.07, 6.45) is 3.27. The zero-order valence-corrected chi connectivity index (χ0v) is 15.9. The summed E-state index contributed by atoms with van der Waals surface area (Å²) in [5, 5.41) is 9.00. The fourth-order valence-corrected chi connectivity index (χ4v) is 3.41. The molecule has 0 saturated carbocycles. The van der Waals surface area contributed by atoms with E-state index in [-0.39, 0.29) is 29.5 Å². The van der Waals surface area contributed by atoms with Crippen LogP contribution in [-0.2, 0) is 0 Å². The zero-order chi connectivity index (χ0) is 19.4. The quantitative estimate of drug-likeness (QED) is 0.757. The predicted molar refractivity (Wildman–Crippen MR) is 103 cm³/mol. The predicted octanol–water partition coefficient (Wildman–Crippen LogP) is 4.14. The third-order valence-electron chi connectivity index (χ3n) is 4.51. The number of pyridine rings is 1. The number of hydrogen-bond acceptors (Lipinski definition) is 4. The van der Waals surface area contributed by atoms with E-state index in [2.05, 4.69) is 37.6 Å².